The van der Waals surface area contributed by atoms with Crippen molar-refractivity contribution < 1.29 is 29.3 Å². The average Bonchev–Trinajstić information content (AvgIpc) is 2.38. The van der Waals surface area contributed by atoms with Crippen LogP contribution in [-0.2, 0) is 16.0 Å². The third kappa shape index (κ3) is 2.96. The molecule has 0 saturated heterocycles. The van der Waals surface area contributed by atoms with E-state index >= 15 is 0 Å². The van der Waals surface area contributed by atoms with E-state index in [1.165, 1.54) is 21.1 Å². The second-order valence-electron chi connectivity index (χ2n) is 4.30. The van der Waals surface area contributed by atoms with Crippen molar-refractivity contribution in [2.45, 2.75) is 13.3 Å². The molecule has 1 aromatic carbocycles. The van der Waals surface area contributed by atoms with E-state index in [1.807, 2.05) is 0 Å². The Hall–Kier alpha value is -2.24. The number of rotatable bonds is 6. The maximum atomic E-state index is 11.1. The molecule has 0 fully saturated rings. The number of hydrogen-bond acceptors (Lipinski definition) is 4. The van der Waals surface area contributed by atoms with Crippen molar-refractivity contribution in [2.75, 3.05) is 14.2 Å². The third-order valence-corrected chi connectivity index (χ3v) is 2.98. The van der Waals surface area contributed by atoms with E-state index in [2.05, 4.69) is 0 Å². The van der Waals surface area contributed by atoms with E-state index in [9.17, 15) is 9.59 Å². The molecule has 104 valence electrons. The molecule has 0 radical (unpaired) electrons. The minimum atomic E-state index is -1.90. The van der Waals surface area contributed by atoms with Crippen molar-refractivity contribution in [3.8, 4) is 11.5 Å². The summed E-state index contributed by atoms with van der Waals surface area (Å²) >= 11 is 0. The second-order valence-corrected chi connectivity index (χ2v) is 4.30. The van der Waals surface area contributed by atoms with Crippen LogP contribution in [0.5, 0.6) is 11.5 Å². The summed E-state index contributed by atoms with van der Waals surface area (Å²) in [4.78, 5) is 22.3. The SMILES string of the molecule is COc1ccc(CC(C)(C(=O)O)C(=O)O)c(OC)c1. The zero-order chi connectivity index (χ0) is 14.6. The first-order valence-corrected chi connectivity index (χ1v) is 5.53. The Kier molecular flexibility index (Phi) is 4.37. The van der Waals surface area contributed by atoms with Crippen LogP contribution in [0.2, 0.25) is 0 Å². The van der Waals surface area contributed by atoms with Crippen molar-refractivity contribution in [1.82, 2.24) is 0 Å². The standard InChI is InChI=1S/C13H16O6/c1-13(11(14)15,12(16)17)7-8-4-5-9(18-2)6-10(8)19-3/h4-6H,7H2,1-3H3,(H,14,15)(H,16,17). The lowest BCUT2D eigenvalue weighted by Crippen LogP contribution is -2.38. The van der Waals surface area contributed by atoms with Gasteiger partial charge in [-0.25, -0.2) is 0 Å². The van der Waals surface area contributed by atoms with E-state index in [0.29, 0.717) is 17.1 Å². The molecule has 0 heterocycles. The predicted molar refractivity (Wildman–Crippen MR) is 66.6 cm³/mol. The van der Waals surface area contributed by atoms with Crippen molar-refractivity contribution >= 4 is 11.9 Å². The van der Waals surface area contributed by atoms with Gasteiger partial charge in [-0.3, -0.25) is 9.59 Å². The second kappa shape index (κ2) is 5.60. The number of ether oxygens (including phenoxy) is 2. The van der Waals surface area contributed by atoms with Gasteiger partial charge in [0.1, 0.15) is 11.5 Å². The molecule has 0 aromatic heterocycles. The summed E-state index contributed by atoms with van der Waals surface area (Å²) in [6, 6.07) is 4.81. The first-order chi connectivity index (χ1) is 8.85. The van der Waals surface area contributed by atoms with Gasteiger partial charge in [0.05, 0.1) is 14.2 Å². The molecular weight excluding hydrogens is 252 g/mol. The van der Waals surface area contributed by atoms with Gasteiger partial charge in [-0.2, -0.15) is 0 Å². The van der Waals surface area contributed by atoms with Crippen LogP contribution in [0.25, 0.3) is 0 Å². The zero-order valence-corrected chi connectivity index (χ0v) is 11.0. The summed E-state index contributed by atoms with van der Waals surface area (Å²) < 4.78 is 10.2. The molecule has 0 aliphatic rings. The maximum absolute atomic E-state index is 11.1. The number of aliphatic carboxylic acids is 2. The van der Waals surface area contributed by atoms with Gasteiger partial charge in [0.2, 0.25) is 0 Å². The lowest BCUT2D eigenvalue weighted by molar-refractivity contribution is -0.163. The molecule has 6 heteroatoms. The highest BCUT2D eigenvalue weighted by molar-refractivity contribution is 5.98. The average molecular weight is 268 g/mol. The van der Waals surface area contributed by atoms with Crippen molar-refractivity contribution in [1.29, 1.82) is 0 Å². The van der Waals surface area contributed by atoms with Gasteiger partial charge in [0.15, 0.2) is 5.41 Å². The maximum Gasteiger partial charge on any atom is 0.321 e. The Morgan fingerprint density at radius 1 is 1.16 bits per heavy atom. The summed E-state index contributed by atoms with van der Waals surface area (Å²) in [5, 5.41) is 18.2. The monoisotopic (exact) mass is 268 g/mol. The number of hydrogen-bond donors (Lipinski definition) is 2. The molecule has 6 nitrogen and oxygen atoms in total. The first kappa shape index (κ1) is 14.8. The predicted octanol–water partition coefficient (Wildman–Crippen LogP) is 1.42. The Labute approximate surface area is 110 Å². The van der Waals surface area contributed by atoms with Gasteiger partial charge in [-0.05, 0) is 18.6 Å². The van der Waals surface area contributed by atoms with Gasteiger partial charge >= 0.3 is 11.9 Å². The van der Waals surface area contributed by atoms with Crippen LogP contribution in [0.3, 0.4) is 0 Å². The van der Waals surface area contributed by atoms with E-state index in [0.717, 1.165) is 0 Å². The first-order valence-electron chi connectivity index (χ1n) is 5.53. The molecule has 2 N–H and O–H groups in total. The minimum absolute atomic E-state index is 0.176. The van der Waals surface area contributed by atoms with Gasteiger partial charge < -0.3 is 19.7 Å². The number of carboxylic acids is 2. The molecule has 0 unspecified atom stereocenters. The molecule has 1 aromatic rings. The van der Waals surface area contributed by atoms with Crippen LogP contribution in [-0.4, -0.2) is 36.4 Å². The van der Waals surface area contributed by atoms with Crippen molar-refractivity contribution in [3.05, 3.63) is 23.8 Å². The smallest absolute Gasteiger partial charge is 0.321 e. The molecule has 0 atom stereocenters. The van der Waals surface area contributed by atoms with Crippen LogP contribution < -0.4 is 9.47 Å². The lowest BCUT2D eigenvalue weighted by Gasteiger charge is -2.21. The Morgan fingerprint density at radius 2 is 1.74 bits per heavy atom. The summed E-state index contributed by atoms with van der Waals surface area (Å²) in [6.45, 7) is 1.17. The third-order valence-electron chi connectivity index (χ3n) is 2.98. The van der Waals surface area contributed by atoms with Gasteiger partial charge in [-0.15, -0.1) is 0 Å². The highest BCUT2D eigenvalue weighted by Gasteiger charge is 2.42. The summed E-state index contributed by atoms with van der Waals surface area (Å²) in [6.07, 6.45) is -0.176. The van der Waals surface area contributed by atoms with E-state index in [4.69, 9.17) is 19.7 Å². The fourth-order valence-electron chi connectivity index (χ4n) is 1.62. The largest absolute Gasteiger partial charge is 0.497 e. The topological polar surface area (TPSA) is 93.1 Å². The molecule has 0 amide bonds. The number of benzene rings is 1. The zero-order valence-electron chi connectivity index (χ0n) is 11.0. The van der Waals surface area contributed by atoms with E-state index < -0.39 is 17.4 Å². The van der Waals surface area contributed by atoms with Gasteiger partial charge in [0, 0.05) is 12.5 Å². The Morgan fingerprint density at radius 3 is 2.16 bits per heavy atom. The van der Waals surface area contributed by atoms with Crippen LogP contribution in [0.1, 0.15) is 12.5 Å². The molecular formula is C13H16O6. The molecule has 0 aliphatic heterocycles. The number of methoxy groups -OCH3 is 2. The Balaban J connectivity index is 3.17. The molecule has 0 aliphatic carbocycles. The van der Waals surface area contributed by atoms with Gasteiger partial charge in [0.25, 0.3) is 0 Å². The van der Waals surface area contributed by atoms with E-state index in [1.54, 1.807) is 18.2 Å². The molecule has 0 spiro atoms. The fraction of sp³-hybridized carbons (Fsp3) is 0.385. The quantitative estimate of drug-likeness (QED) is 0.758. The Bertz CT molecular complexity index is 480. The molecule has 0 bridgehead atoms. The van der Waals surface area contributed by atoms with Crippen LogP contribution in [0.4, 0.5) is 0 Å². The summed E-state index contributed by atoms with van der Waals surface area (Å²) in [5.41, 5.74) is -1.40. The summed E-state index contributed by atoms with van der Waals surface area (Å²) in [7, 11) is 2.92. The van der Waals surface area contributed by atoms with Crippen molar-refractivity contribution in [2.24, 2.45) is 5.41 Å². The van der Waals surface area contributed by atoms with E-state index in [-0.39, 0.29) is 6.42 Å². The number of carbonyl (C=O) groups is 2. The van der Waals surface area contributed by atoms with Crippen LogP contribution in [0.15, 0.2) is 18.2 Å². The van der Waals surface area contributed by atoms with Crippen LogP contribution >= 0.6 is 0 Å². The highest BCUT2D eigenvalue weighted by atomic mass is 16.5. The normalized spacial score (nSPS) is 10.9. The lowest BCUT2D eigenvalue weighted by atomic mass is 9.83. The fourth-order valence-corrected chi connectivity index (χ4v) is 1.62. The molecule has 0 saturated carbocycles. The van der Waals surface area contributed by atoms with Crippen LogP contribution in [0, 0.1) is 5.41 Å². The summed E-state index contributed by atoms with van der Waals surface area (Å²) in [5.74, 6) is -1.84. The molecule has 1 rings (SSSR count). The highest BCUT2D eigenvalue weighted by Crippen LogP contribution is 2.31. The molecule has 19 heavy (non-hydrogen) atoms. The van der Waals surface area contributed by atoms with Gasteiger partial charge in [-0.1, -0.05) is 6.07 Å². The number of carboxylic acid groups (broad SMARTS) is 2. The van der Waals surface area contributed by atoms with Crippen molar-refractivity contribution in [3.63, 3.8) is 0 Å². The minimum Gasteiger partial charge on any atom is -0.497 e.